The van der Waals surface area contributed by atoms with Crippen LogP contribution in [0, 0.1) is 10.1 Å². The molecule has 0 aliphatic heterocycles. The fourth-order valence-corrected chi connectivity index (χ4v) is 1.56. The van der Waals surface area contributed by atoms with E-state index in [0.717, 1.165) is 10.7 Å². The van der Waals surface area contributed by atoms with Gasteiger partial charge in [-0.1, -0.05) is 0 Å². The first-order chi connectivity index (χ1) is 7.99. The molecule has 2 rings (SSSR count). The number of rotatable bonds is 3. The van der Waals surface area contributed by atoms with Crippen molar-refractivity contribution in [1.29, 1.82) is 0 Å². The van der Waals surface area contributed by atoms with Crippen molar-refractivity contribution < 1.29 is 14.8 Å². The molecule has 0 amide bonds. The van der Waals surface area contributed by atoms with E-state index in [-0.39, 0.29) is 11.1 Å². The topological polar surface area (TPSA) is 118 Å². The lowest BCUT2D eigenvalue weighted by Crippen LogP contribution is -2.12. The van der Waals surface area contributed by atoms with Crippen LogP contribution in [0.15, 0.2) is 23.0 Å². The molecule has 8 heteroatoms. The summed E-state index contributed by atoms with van der Waals surface area (Å²) in [5.41, 5.74) is -0.441. The molecule has 0 saturated carbocycles. The number of carboxylic acid groups (broad SMARTS) is 1. The van der Waals surface area contributed by atoms with Crippen LogP contribution in [-0.2, 0) is 11.3 Å². The lowest BCUT2D eigenvalue weighted by atomic mass is 10.2. The standard InChI is InChI=1S/C9H7N3O5/c13-8(14)4-11-7-2-1-5(12(16)17)3-6(7)9(15)10-11/h1-3H,4H2,(H,10,15)(H,13,14). The molecule has 1 aromatic heterocycles. The lowest BCUT2D eigenvalue weighted by molar-refractivity contribution is -0.384. The maximum Gasteiger partial charge on any atom is 0.325 e. The van der Waals surface area contributed by atoms with Gasteiger partial charge < -0.3 is 5.11 Å². The molecule has 0 saturated heterocycles. The molecule has 0 unspecified atom stereocenters. The summed E-state index contributed by atoms with van der Waals surface area (Å²) in [4.78, 5) is 31.9. The first kappa shape index (κ1) is 10.9. The van der Waals surface area contributed by atoms with Crippen molar-refractivity contribution in [3.63, 3.8) is 0 Å². The van der Waals surface area contributed by atoms with Crippen molar-refractivity contribution in [2.75, 3.05) is 0 Å². The number of benzene rings is 1. The van der Waals surface area contributed by atoms with Gasteiger partial charge in [-0.05, 0) is 6.07 Å². The maximum absolute atomic E-state index is 11.5. The fraction of sp³-hybridized carbons (Fsp3) is 0.111. The molecule has 0 spiro atoms. The number of nitrogens with one attached hydrogen (secondary N) is 1. The highest BCUT2D eigenvalue weighted by molar-refractivity contribution is 5.82. The van der Waals surface area contributed by atoms with Crippen LogP contribution in [0.1, 0.15) is 0 Å². The minimum Gasteiger partial charge on any atom is -0.480 e. The Kier molecular flexibility index (Phi) is 2.39. The van der Waals surface area contributed by atoms with Gasteiger partial charge in [0.15, 0.2) is 0 Å². The molecule has 1 heterocycles. The van der Waals surface area contributed by atoms with Crippen LogP contribution in [0.3, 0.4) is 0 Å². The van der Waals surface area contributed by atoms with Gasteiger partial charge in [0.25, 0.3) is 11.2 Å². The van der Waals surface area contributed by atoms with Gasteiger partial charge in [-0.2, -0.15) is 0 Å². The minimum atomic E-state index is -1.11. The molecular weight excluding hydrogens is 230 g/mol. The van der Waals surface area contributed by atoms with Gasteiger partial charge in [-0.15, -0.1) is 0 Å². The van der Waals surface area contributed by atoms with Crippen molar-refractivity contribution in [2.45, 2.75) is 6.54 Å². The number of non-ortho nitro benzene ring substituents is 1. The lowest BCUT2D eigenvalue weighted by Gasteiger charge is -1.99. The van der Waals surface area contributed by atoms with E-state index in [0.29, 0.717) is 5.52 Å². The summed E-state index contributed by atoms with van der Waals surface area (Å²) >= 11 is 0. The molecule has 1 aromatic carbocycles. The normalized spacial score (nSPS) is 10.6. The van der Waals surface area contributed by atoms with Gasteiger partial charge in [-0.25, -0.2) is 0 Å². The molecule has 0 fully saturated rings. The third-order valence-electron chi connectivity index (χ3n) is 2.26. The van der Waals surface area contributed by atoms with Crippen LogP contribution < -0.4 is 5.56 Å². The van der Waals surface area contributed by atoms with Crippen molar-refractivity contribution in [2.24, 2.45) is 0 Å². The maximum atomic E-state index is 11.5. The average molecular weight is 237 g/mol. The number of carbonyl (C=O) groups is 1. The number of nitro groups is 1. The Labute approximate surface area is 93.2 Å². The van der Waals surface area contributed by atoms with Crippen LogP contribution >= 0.6 is 0 Å². The Morgan fingerprint density at radius 2 is 2.24 bits per heavy atom. The molecular formula is C9H7N3O5. The Balaban J connectivity index is 2.65. The van der Waals surface area contributed by atoms with Crippen molar-refractivity contribution in [3.05, 3.63) is 38.7 Å². The first-order valence-corrected chi connectivity index (χ1v) is 4.58. The van der Waals surface area contributed by atoms with E-state index in [1.807, 2.05) is 0 Å². The second-order valence-corrected chi connectivity index (χ2v) is 3.38. The molecule has 0 atom stereocenters. The second kappa shape index (κ2) is 3.74. The summed E-state index contributed by atoms with van der Waals surface area (Å²) in [5, 5.41) is 21.6. The zero-order chi connectivity index (χ0) is 12.6. The average Bonchev–Trinajstić information content (AvgIpc) is 2.54. The monoisotopic (exact) mass is 237 g/mol. The Morgan fingerprint density at radius 1 is 1.53 bits per heavy atom. The number of nitro benzene ring substituents is 1. The summed E-state index contributed by atoms with van der Waals surface area (Å²) in [7, 11) is 0. The van der Waals surface area contributed by atoms with Gasteiger partial charge in [0.1, 0.15) is 6.54 Å². The van der Waals surface area contributed by atoms with E-state index in [9.17, 15) is 19.7 Å². The second-order valence-electron chi connectivity index (χ2n) is 3.38. The van der Waals surface area contributed by atoms with Gasteiger partial charge in [0, 0.05) is 12.1 Å². The summed E-state index contributed by atoms with van der Waals surface area (Å²) in [6.07, 6.45) is 0. The molecule has 88 valence electrons. The highest BCUT2D eigenvalue weighted by atomic mass is 16.6. The summed E-state index contributed by atoms with van der Waals surface area (Å²) < 4.78 is 1.13. The summed E-state index contributed by atoms with van der Waals surface area (Å²) in [5.74, 6) is -1.11. The van der Waals surface area contributed by atoms with Crippen LogP contribution in [0.5, 0.6) is 0 Å². The Hall–Kier alpha value is -2.64. The van der Waals surface area contributed by atoms with E-state index >= 15 is 0 Å². The van der Waals surface area contributed by atoms with E-state index in [1.54, 1.807) is 0 Å². The zero-order valence-corrected chi connectivity index (χ0v) is 8.41. The van der Waals surface area contributed by atoms with E-state index in [4.69, 9.17) is 5.11 Å². The zero-order valence-electron chi connectivity index (χ0n) is 8.41. The molecule has 0 bridgehead atoms. The number of aliphatic carboxylic acids is 1. The first-order valence-electron chi connectivity index (χ1n) is 4.58. The SMILES string of the molecule is O=C(O)Cn1[nH]c(=O)c2cc([N+](=O)[O-])ccc21. The van der Waals surface area contributed by atoms with E-state index in [2.05, 4.69) is 5.10 Å². The number of aromatic nitrogens is 2. The summed E-state index contributed by atoms with van der Waals surface area (Å²) in [6, 6.07) is 3.68. The van der Waals surface area contributed by atoms with Gasteiger partial charge in [0.05, 0.1) is 15.8 Å². The summed E-state index contributed by atoms with van der Waals surface area (Å²) in [6.45, 7) is -0.406. The molecule has 8 nitrogen and oxygen atoms in total. The van der Waals surface area contributed by atoms with Crippen LogP contribution in [-0.4, -0.2) is 25.8 Å². The van der Waals surface area contributed by atoms with Crippen LogP contribution in [0.25, 0.3) is 10.9 Å². The Bertz CT molecular complexity index is 669. The van der Waals surface area contributed by atoms with Crippen molar-refractivity contribution in [1.82, 2.24) is 9.78 Å². The van der Waals surface area contributed by atoms with Crippen LogP contribution in [0.4, 0.5) is 5.69 Å². The molecule has 2 N–H and O–H groups in total. The van der Waals surface area contributed by atoms with Gasteiger partial charge >= 0.3 is 5.97 Å². The number of H-pyrrole nitrogens is 1. The van der Waals surface area contributed by atoms with Crippen molar-refractivity contribution in [3.8, 4) is 0 Å². The quantitative estimate of drug-likeness (QED) is 0.588. The van der Waals surface area contributed by atoms with Crippen LogP contribution in [0.2, 0.25) is 0 Å². The van der Waals surface area contributed by atoms with E-state index in [1.165, 1.54) is 12.1 Å². The number of fused-ring (bicyclic) bond motifs is 1. The van der Waals surface area contributed by atoms with Crippen molar-refractivity contribution >= 4 is 22.6 Å². The number of nitrogens with zero attached hydrogens (tertiary/aromatic N) is 2. The molecule has 0 radical (unpaired) electrons. The highest BCUT2D eigenvalue weighted by Crippen LogP contribution is 2.17. The highest BCUT2D eigenvalue weighted by Gasteiger charge is 2.13. The van der Waals surface area contributed by atoms with Gasteiger partial charge in [0.2, 0.25) is 0 Å². The largest absolute Gasteiger partial charge is 0.480 e. The predicted octanol–water partition coefficient (Wildman–Crippen LogP) is 0.322. The molecule has 0 aliphatic carbocycles. The Morgan fingerprint density at radius 3 is 2.82 bits per heavy atom. The fourth-order valence-electron chi connectivity index (χ4n) is 1.56. The minimum absolute atomic E-state index is 0.0976. The number of aromatic amines is 1. The van der Waals surface area contributed by atoms with E-state index < -0.39 is 23.0 Å². The number of hydrogen-bond donors (Lipinski definition) is 2. The predicted molar refractivity (Wildman–Crippen MR) is 56.8 cm³/mol. The van der Waals surface area contributed by atoms with Gasteiger partial charge in [-0.3, -0.25) is 29.5 Å². The smallest absolute Gasteiger partial charge is 0.325 e. The molecule has 0 aliphatic rings. The molecule has 17 heavy (non-hydrogen) atoms. The third kappa shape index (κ3) is 1.87. The number of carboxylic acids is 1. The number of hydrogen-bond acceptors (Lipinski definition) is 4. The molecule has 2 aromatic rings. The third-order valence-corrected chi connectivity index (χ3v) is 2.26.